The van der Waals surface area contributed by atoms with Crippen LogP contribution in [0.25, 0.3) is 0 Å². The van der Waals surface area contributed by atoms with E-state index in [0.29, 0.717) is 26.0 Å². The topological polar surface area (TPSA) is 52.3 Å². The van der Waals surface area contributed by atoms with Crippen LogP contribution < -0.4 is 5.73 Å². The first-order valence-electron chi connectivity index (χ1n) is 4.83. The van der Waals surface area contributed by atoms with Crippen molar-refractivity contribution in [2.24, 2.45) is 5.73 Å². The zero-order valence-corrected chi connectivity index (χ0v) is 10.00. The summed E-state index contributed by atoms with van der Waals surface area (Å²) in [5, 5.41) is 0. The van der Waals surface area contributed by atoms with Crippen molar-refractivity contribution in [1.29, 1.82) is 0 Å². The maximum Gasteiger partial charge on any atom is 0.306 e. The molecule has 0 saturated heterocycles. The van der Waals surface area contributed by atoms with Gasteiger partial charge in [0.1, 0.15) is 6.61 Å². The highest BCUT2D eigenvalue weighted by atomic mass is 79.9. The predicted molar refractivity (Wildman–Crippen MR) is 62.2 cm³/mol. The molecule has 1 rings (SSSR count). The molecule has 1 aromatic rings. The molecule has 15 heavy (non-hydrogen) atoms. The van der Waals surface area contributed by atoms with Crippen LogP contribution in [0.4, 0.5) is 0 Å². The van der Waals surface area contributed by atoms with E-state index in [2.05, 4.69) is 15.9 Å². The molecule has 4 heteroatoms. The van der Waals surface area contributed by atoms with Crippen molar-refractivity contribution in [3.8, 4) is 0 Å². The minimum absolute atomic E-state index is 0.198. The molecule has 0 fully saturated rings. The Labute approximate surface area is 97.7 Å². The Morgan fingerprint density at radius 1 is 1.40 bits per heavy atom. The zero-order valence-electron chi connectivity index (χ0n) is 8.41. The Balaban J connectivity index is 2.37. The largest absolute Gasteiger partial charge is 0.461 e. The number of halogens is 1. The lowest BCUT2D eigenvalue weighted by Crippen LogP contribution is -2.08. The van der Waals surface area contributed by atoms with Crippen LogP contribution >= 0.6 is 15.9 Å². The number of esters is 1. The van der Waals surface area contributed by atoms with E-state index in [1.165, 1.54) is 0 Å². The monoisotopic (exact) mass is 271 g/mol. The molecular formula is C11H14BrNO2. The number of carbonyl (C=O) groups is 1. The second-order valence-corrected chi connectivity index (χ2v) is 4.00. The van der Waals surface area contributed by atoms with Gasteiger partial charge in [0.05, 0.1) is 0 Å². The van der Waals surface area contributed by atoms with Crippen molar-refractivity contribution < 1.29 is 9.53 Å². The van der Waals surface area contributed by atoms with E-state index < -0.39 is 0 Å². The smallest absolute Gasteiger partial charge is 0.306 e. The van der Waals surface area contributed by atoms with Gasteiger partial charge >= 0.3 is 5.97 Å². The molecule has 0 saturated carbocycles. The van der Waals surface area contributed by atoms with Gasteiger partial charge in [-0.15, -0.1) is 0 Å². The highest BCUT2D eigenvalue weighted by Crippen LogP contribution is 2.16. The van der Waals surface area contributed by atoms with Crippen molar-refractivity contribution in [2.75, 3.05) is 6.54 Å². The normalized spacial score (nSPS) is 10.0. The first-order chi connectivity index (χ1) is 7.24. The summed E-state index contributed by atoms with van der Waals surface area (Å²) in [6.45, 7) is 0.828. The molecule has 0 heterocycles. The lowest BCUT2D eigenvalue weighted by molar-refractivity contribution is -0.145. The van der Waals surface area contributed by atoms with E-state index in [4.69, 9.17) is 10.5 Å². The van der Waals surface area contributed by atoms with Crippen molar-refractivity contribution in [2.45, 2.75) is 19.4 Å². The summed E-state index contributed by atoms with van der Waals surface area (Å²) in [4.78, 5) is 11.2. The molecule has 0 spiro atoms. The van der Waals surface area contributed by atoms with Gasteiger partial charge in [0.15, 0.2) is 0 Å². The number of benzene rings is 1. The van der Waals surface area contributed by atoms with Crippen LogP contribution in [0.2, 0.25) is 0 Å². The molecule has 0 bridgehead atoms. The number of rotatable bonds is 5. The number of nitrogens with two attached hydrogens (primary N) is 1. The van der Waals surface area contributed by atoms with Gasteiger partial charge in [0.25, 0.3) is 0 Å². The van der Waals surface area contributed by atoms with Crippen LogP contribution in [0.1, 0.15) is 18.4 Å². The van der Waals surface area contributed by atoms with Crippen molar-refractivity contribution in [3.63, 3.8) is 0 Å². The molecule has 0 aliphatic heterocycles. The Bertz CT molecular complexity index is 328. The first kappa shape index (κ1) is 12.2. The van der Waals surface area contributed by atoms with Gasteiger partial charge < -0.3 is 10.5 Å². The minimum Gasteiger partial charge on any atom is -0.461 e. The summed E-state index contributed by atoms with van der Waals surface area (Å²) < 4.78 is 6.04. The molecule has 0 aliphatic rings. The zero-order chi connectivity index (χ0) is 11.1. The Hall–Kier alpha value is -0.870. The van der Waals surface area contributed by atoms with Gasteiger partial charge in [-0.05, 0) is 19.0 Å². The molecule has 0 aromatic heterocycles. The van der Waals surface area contributed by atoms with Crippen molar-refractivity contribution in [3.05, 3.63) is 34.3 Å². The van der Waals surface area contributed by atoms with E-state index in [9.17, 15) is 4.79 Å². The Morgan fingerprint density at radius 3 is 2.80 bits per heavy atom. The fraction of sp³-hybridized carbons (Fsp3) is 0.364. The molecule has 0 unspecified atom stereocenters. The standard InChI is InChI=1S/C11H14BrNO2/c12-10-5-2-1-4-9(10)8-15-11(14)6-3-7-13/h1-2,4-5H,3,6-8,13H2. The highest BCUT2D eigenvalue weighted by Gasteiger charge is 2.04. The third kappa shape index (κ3) is 4.44. The molecule has 0 atom stereocenters. The summed E-state index contributed by atoms with van der Waals surface area (Å²) in [6.07, 6.45) is 1.07. The van der Waals surface area contributed by atoms with Crippen molar-refractivity contribution >= 4 is 21.9 Å². The van der Waals surface area contributed by atoms with E-state index in [0.717, 1.165) is 10.0 Å². The van der Waals surface area contributed by atoms with Crippen LogP contribution in [0.15, 0.2) is 28.7 Å². The fourth-order valence-corrected chi connectivity index (χ4v) is 1.49. The molecule has 1 aromatic carbocycles. The number of hydrogen-bond acceptors (Lipinski definition) is 3. The third-order valence-electron chi connectivity index (χ3n) is 1.93. The van der Waals surface area contributed by atoms with Gasteiger partial charge in [0.2, 0.25) is 0 Å². The van der Waals surface area contributed by atoms with Gasteiger partial charge in [-0.1, -0.05) is 34.1 Å². The van der Waals surface area contributed by atoms with Crippen LogP contribution in [0.5, 0.6) is 0 Å². The lowest BCUT2D eigenvalue weighted by atomic mass is 10.2. The minimum atomic E-state index is -0.198. The lowest BCUT2D eigenvalue weighted by Gasteiger charge is -2.05. The molecule has 3 nitrogen and oxygen atoms in total. The summed E-state index contributed by atoms with van der Waals surface area (Å²) in [5.74, 6) is -0.198. The van der Waals surface area contributed by atoms with Gasteiger partial charge in [-0.3, -0.25) is 4.79 Å². The summed E-state index contributed by atoms with van der Waals surface area (Å²) in [6, 6.07) is 7.67. The van der Waals surface area contributed by atoms with E-state index in [1.807, 2.05) is 24.3 Å². The average molecular weight is 272 g/mol. The van der Waals surface area contributed by atoms with Gasteiger partial charge in [0, 0.05) is 16.5 Å². The second kappa shape index (κ2) is 6.58. The highest BCUT2D eigenvalue weighted by molar-refractivity contribution is 9.10. The molecule has 82 valence electrons. The Kier molecular flexibility index (Phi) is 5.36. The van der Waals surface area contributed by atoms with Crippen LogP contribution in [-0.2, 0) is 16.1 Å². The first-order valence-corrected chi connectivity index (χ1v) is 5.62. The van der Waals surface area contributed by atoms with Crippen LogP contribution in [-0.4, -0.2) is 12.5 Å². The maximum atomic E-state index is 11.2. The van der Waals surface area contributed by atoms with E-state index in [1.54, 1.807) is 0 Å². The van der Waals surface area contributed by atoms with Gasteiger partial charge in [-0.2, -0.15) is 0 Å². The summed E-state index contributed by atoms with van der Waals surface area (Å²) in [5.41, 5.74) is 6.26. The summed E-state index contributed by atoms with van der Waals surface area (Å²) in [7, 11) is 0. The number of carbonyl (C=O) groups excluding carboxylic acids is 1. The quantitative estimate of drug-likeness (QED) is 0.836. The second-order valence-electron chi connectivity index (χ2n) is 3.14. The molecule has 0 radical (unpaired) electrons. The molecule has 0 aliphatic carbocycles. The molecular weight excluding hydrogens is 258 g/mol. The average Bonchev–Trinajstić information content (AvgIpc) is 2.25. The Morgan fingerprint density at radius 2 is 2.13 bits per heavy atom. The van der Waals surface area contributed by atoms with Gasteiger partial charge in [-0.25, -0.2) is 0 Å². The number of ether oxygens (including phenoxy) is 1. The molecule has 0 amide bonds. The van der Waals surface area contributed by atoms with Crippen LogP contribution in [0.3, 0.4) is 0 Å². The SMILES string of the molecule is NCCCC(=O)OCc1ccccc1Br. The predicted octanol–water partition coefficient (Wildman–Crippen LogP) is 2.23. The third-order valence-corrected chi connectivity index (χ3v) is 2.71. The van der Waals surface area contributed by atoms with Crippen LogP contribution in [0, 0.1) is 0 Å². The number of hydrogen-bond donors (Lipinski definition) is 1. The fourth-order valence-electron chi connectivity index (χ4n) is 1.09. The van der Waals surface area contributed by atoms with E-state index in [-0.39, 0.29) is 5.97 Å². The maximum absolute atomic E-state index is 11.2. The summed E-state index contributed by atoms with van der Waals surface area (Å²) >= 11 is 3.39. The van der Waals surface area contributed by atoms with E-state index >= 15 is 0 Å². The molecule has 2 N–H and O–H groups in total. The van der Waals surface area contributed by atoms with Crippen molar-refractivity contribution in [1.82, 2.24) is 0 Å².